The summed E-state index contributed by atoms with van der Waals surface area (Å²) in [6.45, 7) is 9.32. The van der Waals surface area contributed by atoms with E-state index < -0.39 is 0 Å². The van der Waals surface area contributed by atoms with E-state index >= 15 is 0 Å². The normalized spacial score (nSPS) is 12.5. The van der Waals surface area contributed by atoms with Gasteiger partial charge in [0.05, 0.1) is 5.52 Å². The molecule has 1 N–H and O–H groups in total. The van der Waals surface area contributed by atoms with E-state index in [2.05, 4.69) is 72.4 Å². The number of aryl methyl sites for hydroxylation is 2. The standard InChI is InChI=1S/C24H30N2O/c1-5-18-13-10-14-20-22(16-26(6-2)24(18)20)21(15-23(27)25-17(3)4)19-11-8-7-9-12-19/h7-14,16-17,21H,5-6,15H2,1-4H3,(H,25,27)/t21-/m0/s1. The summed E-state index contributed by atoms with van der Waals surface area (Å²) in [4.78, 5) is 12.6. The van der Waals surface area contributed by atoms with Crippen LogP contribution in [0.15, 0.2) is 54.7 Å². The molecule has 0 aliphatic heterocycles. The largest absolute Gasteiger partial charge is 0.354 e. The third-order valence-corrected chi connectivity index (χ3v) is 5.15. The van der Waals surface area contributed by atoms with Crippen LogP contribution >= 0.6 is 0 Å². The lowest BCUT2D eigenvalue weighted by Gasteiger charge is -2.18. The van der Waals surface area contributed by atoms with Crippen molar-refractivity contribution in [2.75, 3.05) is 0 Å². The van der Waals surface area contributed by atoms with Crippen LogP contribution in [0.4, 0.5) is 0 Å². The molecule has 0 fully saturated rings. The molecule has 27 heavy (non-hydrogen) atoms. The molecule has 0 unspecified atom stereocenters. The van der Waals surface area contributed by atoms with Crippen LogP contribution in [-0.2, 0) is 17.8 Å². The lowest BCUT2D eigenvalue weighted by molar-refractivity contribution is -0.121. The van der Waals surface area contributed by atoms with Crippen LogP contribution in [0.1, 0.15) is 56.7 Å². The van der Waals surface area contributed by atoms with Crippen LogP contribution in [-0.4, -0.2) is 16.5 Å². The molecule has 0 saturated carbocycles. The number of carbonyl (C=O) groups excluding carboxylic acids is 1. The van der Waals surface area contributed by atoms with Gasteiger partial charge in [-0.05, 0) is 43.9 Å². The summed E-state index contributed by atoms with van der Waals surface area (Å²) in [7, 11) is 0. The van der Waals surface area contributed by atoms with Crippen molar-refractivity contribution in [1.29, 1.82) is 0 Å². The second kappa shape index (κ2) is 8.43. The number of aromatic nitrogens is 1. The number of carbonyl (C=O) groups is 1. The predicted octanol–water partition coefficient (Wildman–Crippen LogP) is 5.27. The van der Waals surface area contributed by atoms with Crippen molar-refractivity contribution in [2.24, 2.45) is 0 Å². The average Bonchev–Trinajstić information content (AvgIpc) is 3.05. The van der Waals surface area contributed by atoms with E-state index in [4.69, 9.17) is 0 Å². The Bertz CT molecular complexity index is 909. The van der Waals surface area contributed by atoms with Gasteiger partial charge in [-0.1, -0.05) is 55.5 Å². The highest BCUT2D eigenvalue weighted by atomic mass is 16.1. The number of nitrogens with one attached hydrogen (secondary N) is 1. The molecule has 0 bridgehead atoms. The molecule has 1 aromatic heterocycles. The summed E-state index contributed by atoms with van der Waals surface area (Å²) in [5.41, 5.74) is 5.10. The van der Waals surface area contributed by atoms with Crippen LogP contribution < -0.4 is 5.32 Å². The predicted molar refractivity (Wildman–Crippen MR) is 113 cm³/mol. The monoisotopic (exact) mass is 362 g/mol. The first-order valence-corrected chi connectivity index (χ1v) is 10.00. The molecule has 3 rings (SSSR count). The van der Waals surface area contributed by atoms with Gasteiger partial charge in [-0.25, -0.2) is 0 Å². The van der Waals surface area contributed by atoms with Gasteiger partial charge < -0.3 is 9.88 Å². The first-order chi connectivity index (χ1) is 13.0. The Labute approximate surface area is 162 Å². The van der Waals surface area contributed by atoms with Gasteiger partial charge in [0.15, 0.2) is 0 Å². The molecule has 2 aromatic carbocycles. The number of nitrogens with zero attached hydrogens (tertiary/aromatic N) is 1. The van der Waals surface area contributed by atoms with Crippen molar-refractivity contribution in [1.82, 2.24) is 9.88 Å². The van der Waals surface area contributed by atoms with E-state index in [1.54, 1.807) is 0 Å². The Hall–Kier alpha value is -2.55. The lowest BCUT2D eigenvalue weighted by atomic mass is 9.87. The Morgan fingerprint density at radius 3 is 2.41 bits per heavy atom. The molecule has 1 heterocycles. The fourth-order valence-corrected chi connectivity index (χ4v) is 3.94. The number of hydrogen-bond acceptors (Lipinski definition) is 1. The van der Waals surface area contributed by atoms with Crippen molar-refractivity contribution < 1.29 is 4.79 Å². The molecular weight excluding hydrogens is 332 g/mol. The zero-order chi connectivity index (χ0) is 19.4. The van der Waals surface area contributed by atoms with Crippen molar-refractivity contribution in [3.8, 4) is 0 Å². The number of rotatable bonds is 7. The van der Waals surface area contributed by atoms with Crippen LogP contribution in [0.5, 0.6) is 0 Å². The molecule has 142 valence electrons. The summed E-state index contributed by atoms with van der Waals surface area (Å²) in [6, 6.07) is 17.1. The van der Waals surface area contributed by atoms with E-state index in [1.807, 2.05) is 19.9 Å². The molecule has 1 amide bonds. The SMILES string of the molecule is CCc1cccc2c([C@@H](CC(=O)NC(C)C)c3ccccc3)cn(CC)c12. The van der Waals surface area contributed by atoms with Crippen LogP contribution in [0, 0.1) is 0 Å². The second-order valence-electron chi connectivity index (χ2n) is 7.43. The summed E-state index contributed by atoms with van der Waals surface area (Å²) in [5, 5.41) is 4.32. The summed E-state index contributed by atoms with van der Waals surface area (Å²) in [5.74, 6) is 0.148. The van der Waals surface area contributed by atoms with E-state index in [0.29, 0.717) is 6.42 Å². The second-order valence-corrected chi connectivity index (χ2v) is 7.43. The molecule has 0 spiro atoms. The Balaban J connectivity index is 2.13. The molecule has 0 aliphatic rings. The molecule has 1 atom stereocenters. The highest BCUT2D eigenvalue weighted by Gasteiger charge is 2.23. The van der Waals surface area contributed by atoms with Crippen molar-refractivity contribution >= 4 is 16.8 Å². The third kappa shape index (κ3) is 4.08. The van der Waals surface area contributed by atoms with E-state index in [-0.39, 0.29) is 17.9 Å². The van der Waals surface area contributed by atoms with Gasteiger partial charge in [-0.2, -0.15) is 0 Å². The maximum absolute atomic E-state index is 12.6. The fourth-order valence-electron chi connectivity index (χ4n) is 3.94. The van der Waals surface area contributed by atoms with Crippen LogP contribution in [0.3, 0.4) is 0 Å². The first-order valence-electron chi connectivity index (χ1n) is 10.00. The van der Waals surface area contributed by atoms with E-state index in [9.17, 15) is 4.79 Å². The minimum atomic E-state index is 0.0485. The number of hydrogen-bond donors (Lipinski definition) is 1. The van der Waals surface area contributed by atoms with Gasteiger partial charge in [-0.3, -0.25) is 4.79 Å². The van der Waals surface area contributed by atoms with Gasteiger partial charge in [-0.15, -0.1) is 0 Å². The first kappa shape index (κ1) is 19.2. The van der Waals surface area contributed by atoms with Gasteiger partial charge in [0.2, 0.25) is 5.91 Å². The molecule has 0 saturated heterocycles. The number of fused-ring (bicyclic) bond motifs is 1. The zero-order valence-corrected chi connectivity index (χ0v) is 16.8. The maximum atomic E-state index is 12.6. The quantitative estimate of drug-likeness (QED) is 0.610. The molecular formula is C24H30N2O. The van der Waals surface area contributed by atoms with E-state index in [0.717, 1.165) is 13.0 Å². The maximum Gasteiger partial charge on any atom is 0.221 e. The highest BCUT2D eigenvalue weighted by Crippen LogP contribution is 2.36. The molecule has 0 radical (unpaired) electrons. The molecule has 3 heteroatoms. The Morgan fingerprint density at radius 2 is 1.78 bits per heavy atom. The van der Waals surface area contributed by atoms with Gasteiger partial charge in [0, 0.05) is 36.5 Å². The van der Waals surface area contributed by atoms with Gasteiger partial charge >= 0.3 is 0 Å². The van der Waals surface area contributed by atoms with Gasteiger partial charge in [0.25, 0.3) is 0 Å². The minimum absolute atomic E-state index is 0.0485. The van der Waals surface area contributed by atoms with Crippen molar-refractivity contribution in [3.63, 3.8) is 0 Å². The number of benzene rings is 2. The molecule has 0 aliphatic carbocycles. The minimum Gasteiger partial charge on any atom is -0.354 e. The van der Waals surface area contributed by atoms with Gasteiger partial charge in [0.1, 0.15) is 0 Å². The molecule has 3 aromatic rings. The summed E-state index contributed by atoms with van der Waals surface area (Å²) < 4.78 is 2.33. The number of para-hydroxylation sites is 1. The van der Waals surface area contributed by atoms with Crippen molar-refractivity contribution in [2.45, 2.75) is 59.0 Å². The third-order valence-electron chi connectivity index (χ3n) is 5.15. The zero-order valence-electron chi connectivity index (χ0n) is 16.8. The topological polar surface area (TPSA) is 34.0 Å². The Morgan fingerprint density at radius 1 is 1.04 bits per heavy atom. The van der Waals surface area contributed by atoms with Crippen LogP contribution in [0.25, 0.3) is 10.9 Å². The average molecular weight is 363 g/mol. The summed E-state index contributed by atoms with van der Waals surface area (Å²) in [6.07, 6.45) is 3.72. The van der Waals surface area contributed by atoms with Crippen molar-refractivity contribution in [3.05, 3.63) is 71.4 Å². The van der Waals surface area contributed by atoms with Crippen LogP contribution in [0.2, 0.25) is 0 Å². The Kier molecular flexibility index (Phi) is 6.00. The number of amides is 1. The summed E-state index contributed by atoms with van der Waals surface area (Å²) >= 11 is 0. The highest BCUT2D eigenvalue weighted by molar-refractivity contribution is 5.89. The molecule has 3 nitrogen and oxygen atoms in total. The smallest absolute Gasteiger partial charge is 0.221 e. The fraction of sp³-hybridized carbons (Fsp3) is 0.375. The lowest BCUT2D eigenvalue weighted by Crippen LogP contribution is -2.31. The van der Waals surface area contributed by atoms with E-state index in [1.165, 1.54) is 27.6 Å².